The molecule has 0 spiro atoms. The third-order valence-corrected chi connectivity index (χ3v) is 4.23. The average molecular weight is 381 g/mol. The highest BCUT2D eigenvalue weighted by atomic mass is 16.6. The molecule has 0 radical (unpaired) electrons. The van der Waals surface area contributed by atoms with Crippen LogP contribution in [0, 0.1) is 5.41 Å². The number of nitrogens with two attached hydrogens (primary N) is 1. The van der Waals surface area contributed by atoms with Crippen LogP contribution in [0.15, 0.2) is 6.33 Å². The van der Waals surface area contributed by atoms with Crippen molar-refractivity contribution in [2.24, 2.45) is 5.41 Å². The molecule has 3 heterocycles. The molecule has 1 fully saturated rings. The van der Waals surface area contributed by atoms with Gasteiger partial charge < -0.3 is 30.5 Å². The van der Waals surface area contributed by atoms with Crippen molar-refractivity contribution in [3.05, 3.63) is 12.2 Å². The zero-order valence-corrected chi connectivity index (χ0v) is 15.2. The van der Waals surface area contributed by atoms with E-state index in [4.69, 9.17) is 15.2 Å². The monoisotopic (exact) mass is 381 g/mol. The third-order valence-electron chi connectivity index (χ3n) is 4.23. The molecule has 5 N–H and O–H groups in total. The Morgan fingerprint density at radius 1 is 1.33 bits per heavy atom. The number of anilines is 1. The predicted octanol–water partition coefficient (Wildman–Crippen LogP) is -0.891. The quantitative estimate of drug-likeness (QED) is 0.488. The predicted molar refractivity (Wildman–Crippen MR) is 92.0 cm³/mol. The Hall–Kier alpha value is -2.34. The molecule has 2 aromatic rings. The van der Waals surface area contributed by atoms with Crippen LogP contribution in [0.1, 0.15) is 32.8 Å². The number of hydrogen-bond acceptors (Lipinski definition) is 10. The lowest BCUT2D eigenvalue weighted by Gasteiger charge is -2.17. The first-order chi connectivity index (χ1) is 12.6. The molecule has 3 rings (SSSR count). The number of nitrogens with zero attached hydrogens (tertiary/aromatic N) is 4. The molecular weight excluding hydrogens is 358 g/mol. The van der Waals surface area contributed by atoms with Gasteiger partial charge in [0.2, 0.25) is 0 Å². The molecule has 1 saturated heterocycles. The van der Waals surface area contributed by atoms with Crippen molar-refractivity contribution in [1.29, 1.82) is 0 Å². The Morgan fingerprint density at radius 3 is 2.63 bits per heavy atom. The number of imidazole rings is 1. The molecule has 1 aliphatic rings. The summed E-state index contributed by atoms with van der Waals surface area (Å²) in [4.78, 5) is 24.4. The maximum atomic E-state index is 11.9. The number of ether oxygens (including phenoxy) is 2. The molecule has 148 valence electrons. The molecule has 0 aliphatic carbocycles. The van der Waals surface area contributed by atoms with Crippen LogP contribution in [0.3, 0.4) is 0 Å². The number of carbonyl (C=O) groups excluding carboxylic acids is 1. The first-order valence-electron chi connectivity index (χ1n) is 8.42. The fourth-order valence-electron chi connectivity index (χ4n) is 2.69. The van der Waals surface area contributed by atoms with E-state index < -0.39 is 42.5 Å². The lowest BCUT2D eigenvalue weighted by atomic mass is 9.97. The summed E-state index contributed by atoms with van der Waals surface area (Å²) in [6.07, 6.45) is -3.15. The van der Waals surface area contributed by atoms with Gasteiger partial charge in [-0.05, 0) is 20.8 Å². The van der Waals surface area contributed by atoms with Crippen LogP contribution in [0.25, 0.3) is 11.2 Å². The van der Waals surface area contributed by atoms with E-state index >= 15 is 0 Å². The highest BCUT2D eigenvalue weighted by molar-refractivity contribution is 5.81. The first kappa shape index (κ1) is 19.4. The van der Waals surface area contributed by atoms with Gasteiger partial charge in [-0.3, -0.25) is 9.36 Å². The smallest absolute Gasteiger partial charge is 0.311 e. The van der Waals surface area contributed by atoms with Gasteiger partial charge in [-0.25, -0.2) is 15.0 Å². The normalized spacial score (nSPS) is 25.9. The molecule has 0 bridgehead atoms. The summed E-state index contributed by atoms with van der Waals surface area (Å²) in [5.41, 5.74) is 5.77. The topological polar surface area (TPSA) is 166 Å². The van der Waals surface area contributed by atoms with Crippen molar-refractivity contribution in [3.63, 3.8) is 0 Å². The second-order valence-corrected chi connectivity index (χ2v) is 7.40. The van der Waals surface area contributed by atoms with Crippen molar-refractivity contribution in [2.45, 2.75) is 51.9 Å². The Bertz CT molecular complexity index is 848. The minimum absolute atomic E-state index is 0.0762. The highest BCUT2D eigenvalue weighted by Crippen LogP contribution is 2.32. The number of fused-ring (bicyclic) bond motifs is 1. The summed E-state index contributed by atoms with van der Waals surface area (Å²) < 4.78 is 12.1. The Morgan fingerprint density at radius 2 is 2.04 bits per heavy atom. The summed E-state index contributed by atoms with van der Waals surface area (Å²) in [5, 5.41) is 29.4. The number of aliphatic hydroxyl groups is 3. The molecule has 11 nitrogen and oxygen atoms in total. The fraction of sp³-hybridized carbons (Fsp3) is 0.625. The maximum absolute atomic E-state index is 11.9. The number of carbonyl (C=O) groups is 1. The zero-order chi connectivity index (χ0) is 19.9. The van der Waals surface area contributed by atoms with Crippen molar-refractivity contribution in [1.82, 2.24) is 19.5 Å². The van der Waals surface area contributed by atoms with Gasteiger partial charge in [0.1, 0.15) is 23.8 Å². The van der Waals surface area contributed by atoms with E-state index in [9.17, 15) is 20.1 Å². The summed E-state index contributed by atoms with van der Waals surface area (Å²) in [7, 11) is 0. The Labute approximate surface area is 154 Å². The van der Waals surface area contributed by atoms with Crippen molar-refractivity contribution >= 4 is 23.0 Å². The minimum Gasteiger partial charge on any atom is -0.457 e. The van der Waals surface area contributed by atoms with Crippen LogP contribution in [-0.2, 0) is 20.9 Å². The van der Waals surface area contributed by atoms with Gasteiger partial charge in [-0.15, -0.1) is 0 Å². The molecule has 2 aromatic heterocycles. The lowest BCUT2D eigenvalue weighted by molar-refractivity contribution is -0.154. The molecule has 11 heteroatoms. The molecule has 0 aromatic carbocycles. The van der Waals surface area contributed by atoms with Gasteiger partial charge in [0.25, 0.3) is 0 Å². The zero-order valence-electron chi connectivity index (χ0n) is 15.2. The molecule has 2 unspecified atom stereocenters. The summed E-state index contributed by atoms with van der Waals surface area (Å²) in [6.45, 7) is 4.55. The molecule has 4 atom stereocenters. The van der Waals surface area contributed by atoms with E-state index in [0.717, 1.165) is 0 Å². The van der Waals surface area contributed by atoms with E-state index in [1.54, 1.807) is 20.8 Å². The van der Waals surface area contributed by atoms with Gasteiger partial charge in [-0.2, -0.15) is 0 Å². The second-order valence-electron chi connectivity index (χ2n) is 7.40. The number of aliphatic hydroxyl groups excluding tert-OH is 3. The van der Waals surface area contributed by atoms with Crippen LogP contribution in [0.5, 0.6) is 0 Å². The van der Waals surface area contributed by atoms with Gasteiger partial charge in [0.15, 0.2) is 30.1 Å². The number of hydrogen-bond donors (Lipinski definition) is 4. The van der Waals surface area contributed by atoms with Crippen LogP contribution >= 0.6 is 0 Å². The first-order valence-corrected chi connectivity index (χ1v) is 8.42. The number of rotatable bonds is 4. The van der Waals surface area contributed by atoms with E-state index in [-0.39, 0.29) is 29.4 Å². The van der Waals surface area contributed by atoms with Gasteiger partial charge in [-0.1, -0.05) is 0 Å². The van der Waals surface area contributed by atoms with Crippen molar-refractivity contribution in [2.75, 3.05) is 12.3 Å². The summed E-state index contributed by atoms with van der Waals surface area (Å²) >= 11 is 0. The summed E-state index contributed by atoms with van der Waals surface area (Å²) in [5.74, 6) is -0.180. The fourth-order valence-corrected chi connectivity index (χ4v) is 2.69. The van der Waals surface area contributed by atoms with E-state index in [1.165, 1.54) is 10.9 Å². The number of esters is 1. The van der Waals surface area contributed by atoms with Crippen LogP contribution in [-0.4, -0.2) is 65.7 Å². The standard InChI is InChI=1S/C16H23N5O6/c1-16(2,3)15(25)26-5-8-19-12(17)9-13(20-8)21(6-18-9)14-11(24)10(23)7(4-22)27-14/h6-7,10-11,14,22-24H,4-5H2,1-3H3,(H2,17,19,20)/t7-,10?,11?,14-/m1/s1. The number of aromatic nitrogens is 4. The lowest BCUT2D eigenvalue weighted by Crippen LogP contribution is -2.33. The van der Waals surface area contributed by atoms with Crippen LogP contribution < -0.4 is 5.73 Å². The molecule has 0 saturated carbocycles. The van der Waals surface area contributed by atoms with E-state index in [2.05, 4.69) is 15.0 Å². The van der Waals surface area contributed by atoms with Crippen LogP contribution in [0.4, 0.5) is 5.82 Å². The number of nitrogen functional groups attached to an aromatic ring is 1. The van der Waals surface area contributed by atoms with Crippen molar-refractivity contribution in [3.8, 4) is 0 Å². The van der Waals surface area contributed by atoms with E-state index in [1.807, 2.05) is 0 Å². The third kappa shape index (κ3) is 3.58. The highest BCUT2D eigenvalue weighted by Gasteiger charge is 2.44. The largest absolute Gasteiger partial charge is 0.457 e. The van der Waals surface area contributed by atoms with Crippen LogP contribution in [0.2, 0.25) is 0 Å². The molecule has 27 heavy (non-hydrogen) atoms. The van der Waals surface area contributed by atoms with Gasteiger partial charge >= 0.3 is 5.97 Å². The van der Waals surface area contributed by atoms with E-state index in [0.29, 0.717) is 0 Å². The Balaban J connectivity index is 1.90. The second kappa shape index (κ2) is 7.00. The minimum atomic E-state index is -1.29. The van der Waals surface area contributed by atoms with Gasteiger partial charge in [0, 0.05) is 0 Å². The maximum Gasteiger partial charge on any atom is 0.311 e. The average Bonchev–Trinajstić information content (AvgIpc) is 3.14. The molecular formula is C16H23N5O6. The molecule has 1 aliphatic heterocycles. The SMILES string of the molecule is CC(C)(C)C(=O)OCc1nc(N)c2ncn([C@@H]3O[C@H](CO)C(O)C3O)c2n1. The molecule has 0 amide bonds. The van der Waals surface area contributed by atoms with Gasteiger partial charge in [0.05, 0.1) is 18.3 Å². The van der Waals surface area contributed by atoms with Crippen molar-refractivity contribution < 1.29 is 29.6 Å². The Kier molecular flexibility index (Phi) is 5.04. The summed E-state index contributed by atoms with van der Waals surface area (Å²) in [6, 6.07) is 0.